The van der Waals surface area contributed by atoms with Crippen molar-refractivity contribution in [3.8, 4) is 0 Å². The summed E-state index contributed by atoms with van der Waals surface area (Å²) in [5.74, 6) is 5.28. The maximum Gasteiger partial charge on any atom is 0.123 e. The molecule has 0 spiro atoms. The first kappa shape index (κ1) is 14.6. The van der Waals surface area contributed by atoms with Crippen molar-refractivity contribution < 1.29 is 9.13 Å². The number of benzene rings is 1. The highest BCUT2D eigenvalue weighted by Gasteiger charge is 2.29. The molecule has 3 nitrogen and oxygen atoms in total. The lowest BCUT2D eigenvalue weighted by Gasteiger charge is -2.32. The predicted octanol–water partition coefficient (Wildman–Crippen LogP) is 2.39. The van der Waals surface area contributed by atoms with Crippen LogP contribution in [0, 0.1) is 5.82 Å². The van der Waals surface area contributed by atoms with Gasteiger partial charge in [-0.3, -0.25) is 11.3 Å². The van der Waals surface area contributed by atoms with E-state index in [0.29, 0.717) is 6.42 Å². The van der Waals surface area contributed by atoms with Crippen LogP contribution in [-0.4, -0.2) is 18.8 Å². The number of methoxy groups -OCH3 is 1. The first-order valence-corrected chi connectivity index (χ1v) is 6.15. The highest BCUT2D eigenvalue weighted by molar-refractivity contribution is 9.10. The van der Waals surface area contributed by atoms with Gasteiger partial charge in [0.25, 0.3) is 0 Å². The zero-order valence-corrected chi connectivity index (χ0v) is 11.8. The van der Waals surface area contributed by atoms with Gasteiger partial charge in [-0.1, -0.05) is 15.9 Å². The van der Waals surface area contributed by atoms with Gasteiger partial charge in [0, 0.05) is 11.6 Å². The Labute approximate surface area is 110 Å². The summed E-state index contributed by atoms with van der Waals surface area (Å²) in [7, 11) is 1.63. The Balaban J connectivity index is 2.91. The van der Waals surface area contributed by atoms with E-state index in [1.165, 1.54) is 12.1 Å². The topological polar surface area (TPSA) is 47.3 Å². The van der Waals surface area contributed by atoms with E-state index in [4.69, 9.17) is 10.6 Å². The van der Waals surface area contributed by atoms with E-state index in [1.54, 1.807) is 13.2 Å². The molecule has 96 valence electrons. The lowest BCUT2D eigenvalue weighted by atomic mass is 9.92. The first-order chi connectivity index (χ1) is 7.90. The Morgan fingerprint density at radius 3 is 2.71 bits per heavy atom. The van der Waals surface area contributed by atoms with Crippen molar-refractivity contribution in [2.75, 3.05) is 7.11 Å². The minimum absolute atomic E-state index is 0.106. The average molecular weight is 305 g/mol. The molecule has 1 unspecified atom stereocenters. The molecule has 1 aromatic rings. The van der Waals surface area contributed by atoms with Crippen LogP contribution in [0.5, 0.6) is 0 Å². The van der Waals surface area contributed by atoms with E-state index in [1.807, 2.05) is 13.8 Å². The number of nitrogens with one attached hydrogen (secondary N) is 1. The van der Waals surface area contributed by atoms with Crippen LogP contribution in [0.1, 0.15) is 19.4 Å². The van der Waals surface area contributed by atoms with E-state index in [-0.39, 0.29) is 11.9 Å². The van der Waals surface area contributed by atoms with Crippen LogP contribution < -0.4 is 11.3 Å². The molecule has 0 aliphatic heterocycles. The van der Waals surface area contributed by atoms with E-state index in [9.17, 15) is 4.39 Å². The van der Waals surface area contributed by atoms with Crippen LogP contribution >= 0.6 is 15.9 Å². The number of rotatable bonds is 5. The Bertz CT molecular complexity index is 385. The van der Waals surface area contributed by atoms with Gasteiger partial charge in [-0.2, -0.15) is 0 Å². The standard InChI is InChI=1S/C12H18BrFN2O/c1-12(2,17-3)11(16-15)7-8-6-9(14)4-5-10(8)13/h4-6,11,16H,7,15H2,1-3H3. The smallest absolute Gasteiger partial charge is 0.123 e. The number of nitrogens with two attached hydrogens (primary N) is 1. The van der Waals surface area contributed by atoms with Gasteiger partial charge in [0.2, 0.25) is 0 Å². The van der Waals surface area contributed by atoms with Crippen LogP contribution in [0.2, 0.25) is 0 Å². The second-order valence-corrected chi connectivity index (χ2v) is 5.32. The number of ether oxygens (including phenoxy) is 1. The van der Waals surface area contributed by atoms with Gasteiger partial charge >= 0.3 is 0 Å². The Morgan fingerprint density at radius 1 is 1.53 bits per heavy atom. The first-order valence-electron chi connectivity index (χ1n) is 5.36. The normalized spacial score (nSPS) is 13.8. The van der Waals surface area contributed by atoms with Crippen molar-refractivity contribution in [3.05, 3.63) is 34.1 Å². The van der Waals surface area contributed by atoms with E-state index in [0.717, 1.165) is 10.0 Å². The van der Waals surface area contributed by atoms with Gasteiger partial charge in [-0.15, -0.1) is 0 Å². The summed E-state index contributed by atoms with van der Waals surface area (Å²) in [6.07, 6.45) is 0.579. The molecule has 0 aliphatic carbocycles. The molecule has 0 bridgehead atoms. The van der Waals surface area contributed by atoms with Gasteiger partial charge < -0.3 is 4.74 Å². The molecule has 1 aromatic carbocycles. The van der Waals surface area contributed by atoms with Crippen LogP contribution in [-0.2, 0) is 11.2 Å². The average Bonchev–Trinajstić information content (AvgIpc) is 2.30. The van der Waals surface area contributed by atoms with Gasteiger partial charge in [-0.05, 0) is 44.0 Å². The largest absolute Gasteiger partial charge is 0.377 e. The number of hydrogen-bond acceptors (Lipinski definition) is 3. The second kappa shape index (κ2) is 5.91. The molecule has 0 aliphatic rings. The zero-order valence-electron chi connectivity index (χ0n) is 10.3. The monoisotopic (exact) mass is 304 g/mol. The summed E-state index contributed by atoms with van der Waals surface area (Å²) in [6, 6.07) is 4.50. The van der Waals surface area contributed by atoms with Gasteiger partial charge in [0.05, 0.1) is 11.6 Å². The molecule has 0 saturated carbocycles. The molecule has 0 radical (unpaired) electrons. The molecule has 1 atom stereocenters. The molecule has 1 rings (SSSR count). The summed E-state index contributed by atoms with van der Waals surface area (Å²) in [5, 5.41) is 0. The Kier molecular flexibility index (Phi) is 5.06. The predicted molar refractivity (Wildman–Crippen MR) is 70.0 cm³/mol. The molecule has 3 N–H and O–H groups in total. The van der Waals surface area contributed by atoms with Crippen molar-refractivity contribution in [3.63, 3.8) is 0 Å². The van der Waals surface area contributed by atoms with Crippen LogP contribution in [0.15, 0.2) is 22.7 Å². The maximum absolute atomic E-state index is 13.2. The fourth-order valence-corrected chi connectivity index (χ4v) is 1.98. The molecule has 0 fully saturated rings. The van der Waals surface area contributed by atoms with Gasteiger partial charge in [0.1, 0.15) is 5.82 Å². The summed E-state index contributed by atoms with van der Waals surface area (Å²) in [4.78, 5) is 0. The third-order valence-corrected chi connectivity index (χ3v) is 3.77. The molecule has 0 heterocycles. The molecular formula is C12H18BrFN2O. The lowest BCUT2D eigenvalue weighted by molar-refractivity contribution is -0.0101. The van der Waals surface area contributed by atoms with Crippen molar-refractivity contribution in [1.29, 1.82) is 0 Å². The molecule has 0 aromatic heterocycles. The Morgan fingerprint density at radius 2 is 2.18 bits per heavy atom. The lowest BCUT2D eigenvalue weighted by Crippen LogP contribution is -2.52. The third-order valence-electron chi connectivity index (χ3n) is 3.00. The third kappa shape index (κ3) is 3.74. The molecular weight excluding hydrogens is 287 g/mol. The maximum atomic E-state index is 13.2. The quantitative estimate of drug-likeness (QED) is 0.648. The van der Waals surface area contributed by atoms with Crippen molar-refractivity contribution in [2.45, 2.75) is 31.9 Å². The number of hydrazine groups is 1. The molecule has 0 amide bonds. The fraction of sp³-hybridized carbons (Fsp3) is 0.500. The number of halogens is 2. The molecule has 17 heavy (non-hydrogen) atoms. The van der Waals surface area contributed by atoms with Crippen molar-refractivity contribution in [1.82, 2.24) is 5.43 Å². The van der Waals surface area contributed by atoms with Gasteiger partial charge in [-0.25, -0.2) is 4.39 Å². The summed E-state index contributed by atoms with van der Waals surface area (Å²) >= 11 is 3.40. The van der Waals surface area contributed by atoms with Crippen molar-refractivity contribution in [2.24, 2.45) is 5.84 Å². The summed E-state index contributed by atoms with van der Waals surface area (Å²) < 4.78 is 19.4. The van der Waals surface area contributed by atoms with E-state index >= 15 is 0 Å². The van der Waals surface area contributed by atoms with Crippen LogP contribution in [0.3, 0.4) is 0 Å². The minimum atomic E-state index is -0.430. The number of hydrogen-bond donors (Lipinski definition) is 2. The van der Waals surface area contributed by atoms with E-state index in [2.05, 4.69) is 21.4 Å². The zero-order chi connectivity index (χ0) is 13.1. The summed E-state index contributed by atoms with van der Waals surface area (Å²) in [5.41, 5.74) is 3.15. The van der Waals surface area contributed by atoms with Crippen LogP contribution in [0.4, 0.5) is 4.39 Å². The molecule has 5 heteroatoms. The van der Waals surface area contributed by atoms with Gasteiger partial charge in [0.15, 0.2) is 0 Å². The van der Waals surface area contributed by atoms with Crippen LogP contribution in [0.25, 0.3) is 0 Å². The van der Waals surface area contributed by atoms with E-state index < -0.39 is 5.60 Å². The minimum Gasteiger partial charge on any atom is -0.377 e. The second-order valence-electron chi connectivity index (χ2n) is 4.47. The SMILES string of the molecule is COC(C)(C)C(Cc1cc(F)ccc1Br)NN. The van der Waals surface area contributed by atoms with Crippen molar-refractivity contribution >= 4 is 15.9 Å². The highest BCUT2D eigenvalue weighted by atomic mass is 79.9. The fourth-order valence-electron chi connectivity index (χ4n) is 1.57. The summed E-state index contributed by atoms with van der Waals surface area (Å²) in [6.45, 7) is 3.87. The highest BCUT2D eigenvalue weighted by Crippen LogP contribution is 2.23. The Hall–Kier alpha value is -0.490. The molecule has 0 saturated heterocycles.